The fraction of sp³-hybridized carbons (Fsp3) is 0.667. The Morgan fingerprint density at radius 3 is 2.79 bits per heavy atom. The highest BCUT2D eigenvalue weighted by Gasteiger charge is 2.28. The molecule has 1 aliphatic rings. The van der Waals surface area contributed by atoms with Crippen molar-refractivity contribution in [2.75, 3.05) is 13.1 Å². The molecule has 0 atom stereocenters. The van der Waals surface area contributed by atoms with E-state index in [0.29, 0.717) is 12.0 Å². The van der Waals surface area contributed by atoms with Crippen LogP contribution in [0.15, 0.2) is 27.8 Å². The number of aliphatic imine (C=N–C) groups is 1. The van der Waals surface area contributed by atoms with Crippen molar-refractivity contribution in [1.29, 1.82) is 0 Å². The second kappa shape index (κ2) is 6.64. The number of guanidine groups is 1. The van der Waals surface area contributed by atoms with E-state index in [9.17, 15) is 0 Å². The molecule has 1 aromatic rings. The number of nitrogens with zero attached hydrogens (tertiary/aromatic N) is 1. The van der Waals surface area contributed by atoms with Crippen LogP contribution < -0.4 is 10.6 Å². The van der Waals surface area contributed by atoms with Crippen molar-refractivity contribution in [3.8, 4) is 0 Å². The Bertz CT molecular complexity index is 392. The highest BCUT2D eigenvalue weighted by Crippen LogP contribution is 2.36. The first-order valence-electron chi connectivity index (χ1n) is 7.26. The van der Waals surface area contributed by atoms with Gasteiger partial charge in [-0.15, -0.1) is 0 Å². The second-order valence-corrected chi connectivity index (χ2v) is 5.65. The maximum absolute atomic E-state index is 5.30. The predicted molar refractivity (Wildman–Crippen MR) is 78.1 cm³/mol. The molecule has 1 heterocycles. The smallest absolute Gasteiger partial charge is 0.191 e. The fourth-order valence-corrected chi connectivity index (χ4v) is 2.60. The molecule has 0 aromatic carbocycles. The number of rotatable bonds is 5. The number of hydrogen-bond acceptors (Lipinski definition) is 2. The molecule has 1 fully saturated rings. The highest BCUT2D eigenvalue weighted by molar-refractivity contribution is 5.79. The number of furan rings is 1. The lowest BCUT2D eigenvalue weighted by Crippen LogP contribution is -2.42. The van der Waals surface area contributed by atoms with E-state index in [1.165, 1.54) is 25.7 Å². The summed E-state index contributed by atoms with van der Waals surface area (Å²) in [6.45, 7) is 6.90. The Morgan fingerprint density at radius 2 is 2.16 bits per heavy atom. The minimum absolute atomic E-state index is 0.431. The Morgan fingerprint density at radius 1 is 1.37 bits per heavy atom. The van der Waals surface area contributed by atoms with Crippen molar-refractivity contribution in [2.45, 2.75) is 46.1 Å². The number of nitrogens with one attached hydrogen (secondary N) is 2. The van der Waals surface area contributed by atoms with E-state index in [2.05, 4.69) is 29.5 Å². The van der Waals surface area contributed by atoms with E-state index in [1.807, 2.05) is 12.1 Å². The molecule has 4 nitrogen and oxygen atoms in total. The molecule has 2 N–H and O–H groups in total. The van der Waals surface area contributed by atoms with Crippen LogP contribution in [0.25, 0.3) is 0 Å². The summed E-state index contributed by atoms with van der Waals surface area (Å²) < 4.78 is 5.30. The van der Waals surface area contributed by atoms with Gasteiger partial charge in [-0.2, -0.15) is 0 Å². The molecule has 106 valence electrons. The fourth-order valence-electron chi connectivity index (χ4n) is 2.60. The average molecular weight is 263 g/mol. The lowest BCUT2D eigenvalue weighted by molar-refractivity contribution is 0.334. The van der Waals surface area contributed by atoms with Crippen molar-refractivity contribution in [1.82, 2.24) is 10.6 Å². The largest absolute Gasteiger partial charge is 0.467 e. The zero-order chi connectivity index (χ0) is 13.6. The topological polar surface area (TPSA) is 49.6 Å². The summed E-state index contributed by atoms with van der Waals surface area (Å²) in [7, 11) is 0. The van der Waals surface area contributed by atoms with E-state index < -0.39 is 0 Å². The zero-order valence-corrected chi connectivity index (χ0v) is 12.0. The Labute approximate surface area is 115 Å². The van der Waals surface area contributed by atoms with Gasteiger partial charge in [0.05, 0.1) is 6.26 Å². The maximum atomic E-state index is 5.30. The lowest BCUT2D eigenvalue weighted by Gasteiger charge is -2.25. The molecule has 0 amide bonds. The quantitative estimate of drug-likeness (QED) is 0.634. The molecule has 0 bridgehead atoms. The van der Waals surface area contributed by atoms with Gasteiger partial charge in [0.1, 0.15) is 12.3 Å². The van der Waals surface area contributed by atoms with Gasteiger partial charge >= 0.3 is 0 Å². The monoisotopic (exact) mass is 263 g/mol. The first-order valence-corrected chi connectivity index (χ1v) is 7.26. The maximum Gasteiger partial charge on any atom is 0.191 e. The van der Waals surface area contributed by atoms with Gasteiger partial charge in [0.25, 0.3) is 0 Å². The predicted octanol–water partition coefficient (Wildman–Crippen LogP) is 2.92. The van der Waals surface area contributed by atoms with Crippen LogP contribution in [0.5, 0.6) is 0 Å². The Kier molecular flexibility index (Phi) is 4.88. The van der Waals surface area contributed by atoms with Crippen molar-refractivity contribution in [3.63, 3.8) is 0 Å². The third-order valence-corrected chi connectivity index (χ3v) is 3.81. The molecule has 19 heavy (non-hydrogen) atoms. The standard InChI is InChI=1S/C15H25N3O/c1-3-16-14(17-11-13-7-6-10-19-13)18-12-15(2)8-4-5-9-15/h6-7,10H,3-5,8-9,11-12H2,1-2H3,(H2,16,17,18). The van der Waals surface area contributed by atoms with Gasteiger partial charge in [0.2, 0.25) is 0 Å². The third-order valence-electron chi connectivity index (χ3n) is 3.81. The van der Waals surface area contributed by atoms with E-state index in [4.69, 9.17) is 4.42 Å². The Hall–Kier alpha value is -1.45. The van der Waals surface area contributed by atoms with Gasteiger partial charge in [-0.25, -0.2) is 4.99 Å². The first kappa shape index (κ1) is 14.0. The summed E-state index contributed by atoms with van der Waals surface area (Å²) in [5.41, 5.74) is 0.431. The molecule has 1 saturated carbocycles. The summed E-state index contributed by atoms with van der Waals surface area (Å²) in [5.74, 6) is 1.77. The van der Waals surface area contributed by atoms with Crippen molar-refractivity contribution in [3.05, 3.63) is 24.2 Å². The number of hydrogen-bond donors (Lipinski definition) is 2. The molecule has 0 spiro atoms. The van der Waals surface area contributed by atoms with Gasteiger partial charge in [0.15, 0.2) is 5.96 Å². The molecule has 0 saturated heterocycles. The Balaban J connectivity index is 1.86. The molecule has 1 aliphatic carbocycles. The molecule has 0 radical (unpaired) electrons. The van der Waals surface area contributed by atoms with Crippen LogP contribution in [-0.4, -0.2) is 19.0 Å². The van der Waals surface area contributed by atoms with E-state index in [1.54, 1.807) is 6.26 Å². The first-order chi connectivity index (χ1) is 9.22. The third kappa shape index (κ3) is 4.30. The molecule has 1 aromatic heterocycles. The molecule has 0 aliphatic heterocycles. The average Bonchev–Trinajstić information content (AvgIpc) is 3.05. The summed E-state index contributed by atoms with van der Waals surface area (Å²) in [5, 5.41) is 6.75. The van der Waals surface area contributed by atoms with Crippen molar-refractivity contribution in [2.24, 2.45) is 10.4 Å². The van der Waals surface area contributed by atoms with E-state index in [0.717, 1.165) is 24.8 Å². The van der Waals surface area contributed by atoms with Gasteiger partial charge in [-0.3, -0.25) is 0 Å². The van der Waals surface area contributed by atoms with Gasteiger partial charge < -0.3 is 15.1 Å². The van der Waals surface area contributed by atoms with Crippen LogP contribution in [0, 0.1) is 5.41 Å². The highest BCUT2D eigenvalue weighted by atomic mass is 16.3. The van der Waals surface area contributed by atoms with Crippen LogP contribution in [0.3, 0.4) is 0 Å². The van der Waals surface area contributed by atoms with Crippen LogP contribution in [0.2, 0.25) is 0 Å². The molecule has 4 heteroatoms. The minimum atomic E-state index is 0.431. The summed E-state index contributed by atoms with van der Waals surface area (Å²) in [6.07, 6.45) is 7.04. The molecule has 0 unspecified atom stereocenters. The van der Waals surface area contributed by atoms with E-state index in [-0.39, 0.29) is 0 Å². The zero-order valence-electron chi connectivity index (χ0n) is 12.0. The minimum Gasteiger partial charge on any atom is -0.467 e. The van der Waals surface area contributed by atoms with Crippen LogP contribution in [-0.2, 0) is 6.54 Å². The van der Waals surface area contributed by atoms with Crippen molar-refractivity contribution < 1.29 is 4.42 Å². The normalized spacial score (nSPS) is 18.5. The van der Waals surface area contributed by atoms with Crippen LogP contribution >= 0.6 is 0 Å². The summed E-state index contributed by atoms with van der Waals surface area (Å²) in [4.78, 5) is 4.55. The molecular formula is C15H25N3O. The summed E-state index contributed by atoms with van der Waals surface area (Å²) in [6, 6.07) is 3.84. The molecular weight excluding hydrogens is 238 g/mol. The molecule has 2 rings (SSSR count). The van der Waals surface area contributed by atoms with Gasteiger partial charge in [-0.05, 0) is 37.3 Å². The lowest BCUT2D eigenvalue weighted by atomic mass is 9.89. The SMILES string of the molecule is CCNC(=NCc1ccco1)NCC1(C)CCCC1. The second-order valence-electron chi connectivity index (χ2n) is 5.65. The van der Waals surface area contributed by atoms with Gasteiger partial charge in [0, 0.05) is 13.1 Å². The van der Waals surface area contributed by atoms with Crippen LogP contribution in [0.4, 0.5) is 0 Å². The van der Waals surface area contributed by atoms with Gasteiger partial charge in [-0.1, -0.05) is 19.8 Å². The summed E-state index contributed by atoms with van der Waals surface area (Å²) >= 11 is 0. The van der Waals surface area contributed by atoms with Crippen molar-refractivity contribution >= 4 is 5.96 Å². The van der Waals surface area contributed by atoms with Crippen LogP contribution in [0.1, 0.15) is 45.3 Å². The van der Waals surface area contributed by atoms with E-state index >= 15 is 0 Å².